The topological polar surface area (TPSA) is 21.3 Å². The van der Waals surface area contributed by atoms with Crippen molar-refractivity contribution >= 4 is 0 Å². The highest BCUT2D eigenvalue weighted by molar-refractivity contribution is 5.39. The van der Waals surface area contributed by atoms with E-state index in [1.165, 1.54) is 7.11 Å². The summed E-state index contributed by atoms with van der Waals surface area (Å²) in [6.45, 7) is 2.03. The molecule has 0 aliphatic rings. The zero-order chi connectivity index (χ0) is 13.8. The summed E-state index contributed by atoms with van der Waals surface area (Å²) in [4.78, 5) is 0. The third-order valence-corrected chi connectivity index (χ3v) is 3.19. The van der Waals surface area contributed by atoms with Crippen molar-refractivity contribution in [3.63, 3.8) is 0 Å². The maximum Gasteiger partial charge on any atom is 0.170 e. The molecule has 2 rings (SSSR count). The fraction of sp³-hybridized carbons (Fsp3) is 0.250. The van der Waals surface area contributed by atoms with Gasteiger partial charge in [0, 0.05) is 5.56 Å². The summed E-state index contributed by atoms with van der Waals surface area (Å²) >= 11 is 0. The zero-order valence-electron chi connectivity index (χ0n) is 11.4. The Morgan fingerprint density at radius 2 is 1.89 bits per heavy atom. The smallest absolute Gasteiger partial charge is 0.170 e. The Morgan fingerprint density at radius 1 is 1.16 bits per heavy atom. The summed E-state index contributed by atoms with van der Waals surface area (Å²) in [6.07, 6.45) is 0. The lowest BCUT2D eigenvalue weighted by Gasteiger charge is -2.19. The number of halogens is 1. The maximum absolute atomic E-state index is 14.3. The number of methoxy groups -OCH3 is 1. The average Bonchev–Trinajstić information content (AvgIpc) is 2.41. The Balaban J connectivity index is 2.48. The molecule has 0 aliphatic heterocycles. The molecule has 2 aromatic carbocycles. The molecule has 0 saturated carbocycles. The van der Waals surface area contributed by atoms with E-state index in [4.69, 9.17) is 4.74 Å². The molecule has 0 amide bonds. The van der Waals surface area contributed by atoms with Crippen LogP contribution in [-0.2, 0) is 0 Å². The van der Waals surface area contributed by atoms with Crippen molar-refractivity contribution in [3.05, 3.63) is 65.0 Å². The predicted molar refractivity (Wildman–Crippen MR) is 75.0 cm³/mol. The van der Waals surface area contributed by atoms with Crippen LogP contribution in [0.5, 0.6) is 5.75 Å². The lowest BCUT2D eigenvalue weighted by Crippen LogP contribution is -2.19. The second kappa shape index (κ2) is 5.85. The van der Waals surface area contributed by atoms with Gasteiger partial charge in [0.15, 0.2) is 11.6 Å². The summed E-state index contributed by atoms with van der Waals surface area (Å²) in [7, 11) is 3.30. The molecule has 19 heavy (non-hydrogen) atoms. The summed E-state index contributed by atoms with van der Waals surface area (Å²) < 4.78 is 19.4. The van der Waals surface area contributed by atoms with Crippen LogP contribution in [0.1, 0.15) is 22.7 Å². The molecule has 0 saturated heterocycles. The van der Waals surface area contributed by atoms with E-state index in [0.717, 1.165) is 11.1 Å². The van der Waals surface area contributed by atoms with E-state index >= 15 is 0 Å². The third-order valence-electron chi connectivity index (χ3n) is 3.19. The molecule has 0 fully saturated rings. The molecular weight excluding hydrogens is 241 g/mol. The average molecular weight is 259 g/mol. The molecule has 3 heteroatoms. The van der Waals surface area contributed by atoms with Gasteiger partial charge in [0.05, 0.1) is 13.2 Å². The molecule has 1 N–H and O–H groups in total. The Labute approximate surface area is 113 Å². The first-order chi connectivity index (χ1) is 9.17. The molecule has 0 heterocycles. The van der Waals surface area contributed by atoms with Gasteiger partial charge in [0.2, 0.25) is 0 Å². The minimum Gasteiger partial charge on any atom is -0.494 e. The molecule has 2 aromatic rings. The second-order valence-electron chi connectivity index (χ2n) is 4.50. The van der Waals surface area contributed by atoms with Crippen LogP contribution in [-0.4, -0.2) is 14.2 Å². The molecule has 0 radical (unpaired) electrons. The van der Waals surface area contributed by atoms with Crippen LogP contribution >= 0.6 is 0 Å². The van der Waals surface area contributed by atoms with Gasteiger partial charge < -0.3 is 10.1 Å². The number of aryl methyl sites for hydroxylation is 1. The van der Waals surface area contributed by atoms with Gasteiger partial charge >= 0.3 is 0 Å². The van der Waals surface area contributed by atoms with E-state index < -0.39 is 0 Å². The molecule has 0 aliphatic carbocycles. The molecule has 100 valence electrons. The quantitative estimate of drug-likeness (QED) is 0.908. The first kappa shape index (κ1) is 13.6. The van der Waals surface area contributed by atoms with Crippen molar-refractivity contribution in [2.75, 3.05) is 14.2 Å². The van der Waals surface area contributed by atoms with Crippen LogP contribution in [0.25, 0.3) is 0 Å². The van der Waals surface area contributed by atoms with E-state index in [1.54, 1.807) is 18.2 Å². The van der Waals surface area contributed by atoms with Gasteiger partial charge in [-0.15, -0.1) is 0 Å². The number of rotatable bonds is 4. The zero-order valence-corrected chi connectivity index (χ0v) is 11.4. The molecular formula is C16H18FNO. The maximum atomic E-state index is 14.3. The highest BCUT2D eigenvalue weighted by Gasteiger charge is 2.18. The first-order valence-corrected chi connectivity index (χ1v) is 6.23. The van der Waals surface area contributed by atoms with E-state index in [9.17, 15) is 4.39 Å². The van der Waals surface area contributed by atoms with Crippen molar-refractivity contribution in [2.45, 2.75) is 13.0 Å². The van der Waals surface area contributed by atoms with Crippen LogP contribution in [0.2, 0.25) is 0 Å². The third kappa shape index (κ3) is 2.76. The number of benzene rings is 2. The minimum absolute atomic E-state index is 0.185. The SMILES string of the molecule is CNC(c1cccc(C)c1)c1cccc(OC)c1F. The van der Waals surface area contributed by atoms with E-state index in [1.807, 2.05) is 32.2 Å². The van der Waals surface area contributed by atoms with Gasteiger partial charge in [-0.25, -0.2) is 4.39 Å². The van der Waals surface area contributed by atoms with E-state index in [2.05, 4.69) is 11.4 Å². The van der Waals surface area contributed by atoms with Crippen LogP contribution in [0.15, 0.2) is 42.5 Å². The van der Waals surface area contributed by atoms with Gasteiger partial charge in [-0.05, 0) is 25.6 Å². The predicted octanol–water partition coefficient (Wildman–Crippen LogP) is 3.45. The Hall–Kier alpha value is -1.87. The van der Waals surface area contributed by atoms with Crippen LogP contribution in [0, 0.1) is 12.7 Å². The van der Waals surface area contributed by atoms with Gasteiger partial charge in [0.1, 0.15) is 0 Å². The normalized spacial score (nSPS) is 12.2. The van der Waals surface area contributed by atoms with Gasteiger partial charge in [-0.3, -0.25) is 0 Å². The highest BCUT2D eigenvalue weighted by Crippen LogP contribution is 2.29. The fourth-order valence-electron chi connectivity index (χ4n) is 2.26. The Bertz CT molecular complexity index is 568. The van der Waals surface area contributed by atoms with Crippen molar-refractivity contribution < 1.29 is 9.13 Å². The molecule has 0 aromatic heterocycles. The van der Waals surface area contributed by atoms with Gasteiger partial charge in [-0.1, -0.05) is 42.0 Å². The van der Waals surface area contributed by atoms with Crippen LogP contribution in [0.4, 0.5) is 4.39 Å². The second-order valence-corrected chi connectivity index (χ2v) is 4.50. The summed E-state index contributed by atoms with van der Waals surface area (Å²) in [5.41, 5.74) is 2.78. The summed E-state index contributed by atoms with van der Waals surface area (Å²) in [6, 6.07) is 13.1. The summed E-state index contributed by atoms with van der Waals surface area (Å²) in [5, 5.41) is 3.16. The Morgan fingerprint density at radius 3 is 2.53 bits per heavy atom. The van der Waals surface area contributed by atoms with Gasteiger partial charge in [-0.2, -0.15) is 0 Å². The molecule has 0 spiro atoms. The molecule has 1 atom stereocenters. The summed E-state index contributed by atoms with van der Waals surface area (Å²) in [5.74, 6) is -0.0451. The first-order valence-electron chi connectivity index (χ1n) is 6.23. The van der Waals surface area contributed by atoms with Gasteiger partial charge in [0.25, 0.3) is 0 Å². The lowest BCUT2D eigenvalue weighted by molar-refractivity contribution is 0.382. The van der Waals surface area contributed by atoms with Crippen LogP contribution < -0.4 is 10.1 Å². The highest BCUT2D eigenvalue weighted by atomic mass is 19.1. The van der Waals surface area contributed by atoms with Crippen molar-refractivity contribution in [1.29, 1.82) is 0 Å². The number of ether oxygens (including phenoxy) is 1. The monoisotopic (exact) mass is 259 g/mol. The number of nitrogens with one attached hydrogen (secondary N) is 1. The Kier molecular flexibility index (Phi) is 4.17. The van der Waals surface area contributed by atoms with Crippen molar-refractivity contribution in [3.8, 4) is 5.75 Å². The fourth-order valence-corrected chi connectivity index (χ4v) is 2.26. The number of hydrogen-bond donors (Lipinski definition) is 1. The standard InChI is InChI=1S/C16H18FNO/c1-11-6-4-7-12(10-11)16(18-2)13-8-5-9-14(19-3)15(13)17/h4-10,16,18H,1-3H3. The largest absolute Gasteiger partial charge is 0.494 e. The number of hydrogen-bond acceptors (Lipinski definition) is 2. The van der Waals surface area contributed by atoms with Crippen molar-refractivity contribution in [2.24, 2.45) is 0 Å². The van der Waals surface area contributed by atoms with Crippen molar-refractivity contribution in [1.82, 2.24) is 5.32 Å². The molecule has 1 unspecified atom stereocenters. The van der Waals surface area contributed by atoms with Crippen LogP contribution in [0.3, 0.4) is 0 Å². The lowest BCUT2D eigenvalue weighted by atomic mass is 9.97. The molecule has 0 bridgehead atoms. The molecule has 2 nitrogen and oxygen atoms in total. The van der Waals surface area contributed by atoms with E-state index in [0.29, 0.717) is 5.56 Å². The minimum atomic E-state index is -0.314. The van der Waals surface area contributed by atoms with E-state index in [-0.39, 0.29) is 17.6 Å².